The van der Waals surface area contributed by atoms with E-state index in [4.69, 9.17) is 9.84 Å². The van der Waals surface area contributed by atoms with E-state index in [1.54, 1.807) is 13.8 Å². The van der Waals surface area contributed by atoms with Crippen LogP contribution in [0.4, 0.5) is 18.0 Å². The first kappa shape index (κ1) is 18.5. The largest absolute Gasteiger partial charge is 0.479 e. The van der Waals surface area contributed by atoms with Crippen molar-refractivity contribution in [1.82, 2.24) is 10.2 Å². The van der Waals surface area contributed by atoms with Gasteiger partial charge in [-0.25, -0.2) is 9.59 Å². The summed E-state index contributed by atoms with van der Waals surface area (Å²) in [6.45, 7) is 3.78. The van der Waals surface area contributed by atoms with Gasteiger partial charge in [0, 0.05) is 19.7 Å². The molecule has 0 aromatic rings. The maximum absolute atomic E-state index is 12.8. The van der Waals surface area contributed by atoms with Crippen molar-refractivity contribution >= 4 is 12.0 Å². The Kier molecular flexibility index (Phi) is 6.27. The molecule has 2 N–H and O–H groups in total. The second-order valence-corrected chi connectivity index (χ2v) is 4.64. The van der Waals surface area contributed by atoms with Crippen molar-refractivity contribution in [2.75, 3.05) is 20.3 Å². The van der Waals surface area contributed by atoms with Gasteiger partial charge < -0.3 is 20.1 Å². The van der Waals surface area contributed by atoms with Crippen LogP contribution in [0.3, 0.4) is 0 Å². The van der Waals surface area contributed by atoms with Crippen LogP contribution in [0.2, 0.25) is 0 Å². The summed E-state index contributed by atoms with van der Waals surface area (Å²) in [7, 11) is 1.38. The predicted molar refractivity (Wildman–Crippen MR) is 64.3 cm³/mol. The number of hydrogen-bond acceptors (Lipinski definition) is 3. The SMILES string of the molecule is COCCN(C(=O)NC(C)(C(=O)O)C(F)(F)F)C(C)C. The number of rotatable bonds is 6. The zero-order chi connectivity index (χ0) is 16.1. The number of urea groups is 1. The van der Waals surface area contributed by atoms with Gasteiger partial charge in [-0.2, -0.15) is 13.2 Å². The van der Waals surface area contributed by atoms with E-state index in [9.17, 15) is 22.8 Å². The van der Waals surface area contributed by atoms with E-state index in [1.165, 1.54) is 12.4 Å². The average Bonchev–Trinajstić information content (AvgIpc) is 2.26. The molecule has 0 fully saturated rings. The highest BCUT2D eigenvalue weighted by Crippen LogP contribution is 2.30. The summed E-state index contributed by atoms with van der Waals surface area (Å²) in [5.41, 5.74) is -3.34. The van der Waals surface area contributed by atoms with E-state index < -0.39 is 29.8 Å². The first-order valence-corrected chi connectivity index (χ1v) is 5.85. The number of alkyl halides is 3. The van der Waals surface area contributed by atoms with Crippen LogP contribution >= 0.6 is 0 Å². The first-order valence-electron chi connectivity index (χ1n) is 5.85. The molecule has 0 aliphatic heterocycles. The molecule has 0 aliphatic carbocycles. The molecular weight excluding hydrogens is 281 g/mol. The summed E-state index contributed by atoms with van der Waals surface area (Å²) in [6.07, 6.45) is -5.11. The monoisotopic (exact) mass is 300 g/mol. The van der Waals surface area contributed by atoms with Crippen molar-refractivity contribution in [2.24, 2.45) is 0 Å². The Morgan fingerprint density at radius 1 is 1.35 bits per heavy atom. The summed E-state index contributed by atoms with van der Waals surface area (Å²) in [6, 6.07) is -1.52. The molecule has 0 bridgehead atoms. The highest BCUT2D eigenvalue weighted by atomic mass is 19.4. The highest BCUT2D eigenvalue weighted by molar-refractivity contribution is 5.86. The third-order valence-corrected chi connectivity index (χ3v) is 2.77. The minimum absolute atomic E-state index is 0.0492. The number of carboxylic acids is 1. The van der Waals surface area contributed by atoms with Crippen molar-refractivity contribution in [3.05, 3.63) is 0 Å². The molecule has 0 aromatic heterocycles. The number of carbonyl (C=O) groups excluding carboxylic acids is 1. The molecule has 0 aromatic carbocycles. The van der Waals surface area contributed by atoms with E-state index >= 15 is 0 Å². The molecule has 20 heavy (non-hydrogen) atoms. The zero-order valence-electron chi connectivity index (χ0n) is 11.7. The fourth-order valence-corrected chi connectivity index (χ4v) is 1.32. The molecule has 0 rings (SSSR count). The van der Waals surface area contributed by atoms with E-state index in [-0.39, 0.29) is 13.2 Å². The minimum atomic E-state index is -5.11. The van der Waals surface area contributed by atoms with Crippen molar-refractivity contribution < 1.29 is 32.6 Å². The number of methoxy groups -OCH3 is 1. The lowest BCUT2D eigenvalue weighted by molar-refractivity contribution is -0.203. The average molecular weight is 300 g/mol. The number of amides is 2. The molecular formula is C11H19F3N2O4. The fraction of sp³-hybridized carbons (Fsp3) is 0.818. The Hall–Kier alpha value is -1.51. The van der Waals surface area contributed by atoms with Crippen molar-refractivity contribution in [3.63, 3.8) is 0 Å². The molecule has 2 amide bonds. The van der Waals surface area contributed by atoms with Gasteiger partial charge in [-0.1, -0.05) is 0 Å². The van der Waals surface area contributed by atoms with E-state index in [0.29, 0.717) is 6.92 Å². The quantitative estimate of drug-likeness (QED) is 0.778. The Balaban J connectivity index is 5.13. The molecule has 118 valence electrons. The van der Waals surface area contributed by atoms with Gasteiger partial charge in [0.15, 0.2) is 0 Å². The lowest BCUT2D eigenvalue weighted by Gasteiger charge is -2.33. The van der Waals surface area contributed by atoms with Crippen LogP contribution in [0.5, 0.6) is 0 Å². The molecule has 0 aliphatic rings. The van der Waals surface area contributed by atoms with Crippen molar-refractivity contribution in [3.8, 4) is 0 Å². The van der Waals surface area contributed by atoms with E-state index in [1.807, 2.05) is 0 Å². The van der Waals surface area contributed by atoms with Crippen LogP contribution in [0.1, 0.15) is 20.8 Å². The van der Waals surface area contributed by atoms with Crippen LogP contribution in [0.15, 0.2) is 0 Å². The van der Waals surface area contributed by atoms with E-state index in [2.05, 4.69) is 0 Å². The Bertz CT molecular complexity index is 360. The summed E-state index contributed by atoms with van der Waals surface area (Å²) in [5, 5.41) is 10.3. The minimum Gasteiger partial charge on any atom is -0.479 e. The first-order chi connectivity index (χ1) is 8.97. The smallest absolute Gasteiger partial charge is 0.422 e. The Morgan fingerprint density at radius 3 is 2.15 bits per heavy atom. The Labute approximate surface area is 114 Å². The van der Waals surface area contributed by atoms with Gasteiger partial charge in [-0.15, -0.1) is 0 Å². The van der Waals surface area contributed by atoms with Gasteiger partial charge in [0.25, 0.3) is 0 Å². The van der Waals surface area contributed by atoms with Crippen LogP contribution < -0.4 is 5.32 Å². The van der Waals surface area contributed by atoms with Crippen LogP contribution in [0.25, 0.3) is 0 Å². The second kappa shape index (κ2) is 6.78. The van der Waals surface area contributed by atoms with Gasteiger partial charge in [0.2, 0.25) is 5.54 Å². The van der Waals surface area contributed by atoms with E-state index in [0.717, 1.165) is 4.90 Å². The lowest BCUT2D eigenvalue weighted by atomic mass is 10.0. The summed E-state index contributed by atoms with van der Waals surface area (Å²) in [4.78, 5) is 23.8. The van der Waals surface area contributed by atoms with Crippen molar-refractivity contribution in [1.29, 1.82) is 0 Å². The fourth-order valence-electron chi connectivity index (χ4n) is 1.32. The molecule has 1 unspecified atom stereocenters. The summed E-state index contributed by atoms with van der Waals surface area (Å²) >= 11 is 0. The lowest BCUT2D eigenvalue weighted by Crippen LogP contribution is -2.64. The third kappa shape index (κ3) is 4.26. The number of aliphatic carboxylic acids is 1. The zero-order valence-corrected chi connectivity index (χ0v) is 11.7. The van der Waals surface area contributed by atoms with Crippen molar-refractivity contribution in [2.45, 2.75) is 38.5 Å². The number of nitrogens with zero attached hydrogens (tertiary/aromatic N) is 1. The van der Waals surface area contributed by atoms with Crippen LogP contribution in [0, 0.1) is 0 Å². The molecule has 0 saturated carbocycles. The summed E-state index contributed by atoms with van der Waals surface area (Å²) < 4.78 is 43.1. The molecule has 0 heterocycles. The van der Waals surface area contributed by atoms with Crippen LogP contribution in [-0.2, 0) is 9.53 Å². The molecule has 0 radical (unpaired) electrons. The number of ether oxygens (including phenoxy) is 1. The standard InChI is InChI=1S/C11H19F3N2O4/c1-7(2)16(5-6-20-4)9(19)15-10(3,8(17)18)11(12,13)14/h7H,5-6H2,1-4H3,(H,15,19)(H,17,18). The number of halogens is 3. The third-order valence-electron chi connectivity index (χ3n) is 2.77. The Morgan fingerprint density at radius 2 is 1.85 bits per heavy atom. The van der Waals surface area contributed by atoms with Gasteiger partial charge in [0.05, 0.1) is 6.61 Å². The van der Waals surface area contributed by atoms with Gasteiger partial charge in [0.1, 0.15) is 0 Å². The molecule has 1 atom stereocenters. The van der Waals surface area contributed by atoms with Crippen LogP contribution in [-0.4, -0.2) is 60.0 Å². The normalized spacial score (nSPS) is 14.8. The number of hydrogen-bond donors (Lipinski definition) is 2. The molecule has 0 spiro atoms. The predicted octanol–water partition coefficient (Wildman–Crippen LogP) is 1.46. The number of nitrogens with one attached hydrogen (secondary N) is 1. The molecule has 0 saturated heterocycles. The highest BCUT2D eigenvalue weighted by Gasteiger charge is 2.58. The van der Waals surface area contributed by atoms with Gasteiger partial charge in [-0.3, -0.25) is 0 Å². The maximum atomic E-state index is 12.8. The number of carbonyl (C=O) groups is 2. The van der Waals surface area contributed by atoms with Gasteiger partial charge in [-0.05, 0) is 20.8 Å². The molecule has 9 heteroatoms. The topological polar surface area (TPSA) is 78.9 Å². The summed E-state index contributed by atoms with van der Waals surface area (Å²) in [5.74, 6) is -2.17. The molecule has 6 nitrogen and oxygen atoms in total. The number of carboxylic acid groups (broad SMARTS) is 1. The maximum Gasteiger partial charge on any atom is 0.422 e. The second-order valence-electron chi connectivity index (χ2n) is 4.64. The van der Waals surface area contributed by atoms with Gasteiger partial charge >= 0.3 is 18.2 Å².